The minimum atomic E-state index is -0.437. The van der Waals surface area contributed by atoms with Crippen molar-refractivity contribution in [3.05, 3.63) is 33.4 Å². The lowest BCUT2D eigenvalue weighted by molar-refractivity contribution is -0.385. The molecule has 0 N–H and O–H groups in total. The maximum atomic E-state index is 10.8. The molecule has 1 rings (SSSR count). The highest BCUT2D eigenvalue weighted by Gasteiger charge is 2.17. The van der Waals surface area contributed by atoms with Crippen LogP contribution in [0.1, 0.15) is 11.1 Å². The van der Waals surface area contributed by atoms with Crippen molar-refractivity contribution in [3.8, 4) is 0 Å². The lowest BCUT2D eigenvalue weighted by Crippen LogP contribution is -2.12. The van der Waals surface area contributed by atoms with Gasteiger partial charge in [0, 0.05) is 37.3 Å². The number of halogens is 2. The Morgan fingerprint density at radius 2 is 1.81 bits per heavy atom. The average molecular weight is 263 g/mol. The summed E-state index contributed by atoms with van der Waals surface area (Å²) in [6.45, 7) is 0. The number of nitro benzene ring substituents is 1. The van der Waals surface area contributed by atoms with Crippen LogP contribution < -0.4 is 4.90 Å². The molecule has 0 aliphatic carbocycles. The Morgan fingerprint density at radius 3 is 2.19 bits per heavy atom. The van der Waals surface area contributed by atoms with Crippen LogP contribution in [0.15, 0.2) is 12.1 Å². The van der Waals surface area contributed by atoms with E-state index in [1.807, 2.05) is 19.0 Å². The zero-order valence-corrected chi connectivity index (χ0v) is 10.5. The molecule has 1 aromatic carbocycles. The molecular weight excluding hydrogens is 251 g/mol. The third kappa shape index (κ3) is 2.57. The van der Waals surface area contributed by atoms with Gasteiger partial charge in [-0.1, -0.05) is 0 Å². The SMILES string of the molecule is CN(C)c1cc(CCl)c([N+](=O)[O-])cc1CCl. The number of rotatable bonds is 4. The van der Waals surface area contributed by atoms with Crippen molar-refractivity contribution in [2.24, 2.45) is 0 Å². The van der Waals surface area contributed by atoms with E-state index in [0.717, 1.165) is 11.3 Å². The second kappa shape index (κ2) is 5.37. The van der Waals surface area contributed by atoms with E-state index in [9.17, 15) is 10.1 Å². The van der Waals surface area contributed by atoms with Gasteiger partial charge in [-0.15, -0.1) is 23.2 Å². The van der Waals surface area contributed by atoms with Crippen LogP contribution in [0.4, 0.5) is 11.4 Å². The molecule has 0 spiro atoms. The van der Waals surface area contributed by atoms with Crippen molar-refractivity contribution >= 4 is 34.6 Å². The number of benzene rings is 1. The summed E-state index contributed by atoms with van der Waals surface area (Å²) >= 11 is 11.5. The van der Waals surface area contributed by atoms with E-state index in [2.05, 4.69) is 0 Å². The summed E-state index contributed by atoms with van der Waals surface area (Å²) in [5.41, 5.74) is 2.11. The molecule has 0 atom stereocenters. The molecule has 0 radical (unpaired) electrons. The van der Waals surface area contributed by atoms with Crippen molar-refractivity contribution < 1.29 is 4.92 Å². The minimum absolute atomic E-state index is 0.0243. The van der Waals surface area contributed by atoms with Gasteiger partial charge in [0.1, 0.15) is 0 Å². The van der Waals surface area contributed by atoms with Crippen molar-refractivity contribution in [1.82, 2.24) is 0 Å². The van der Waals surface area contributed by atoms with Gasteiger partial charge < -0.3 is 4.90 Å². The van der Waals surface area contributed by atoms with Crippen LogP contribution in [0.25, 0.3) is 0 Å². The molecule has 1 aromatic rings. The maximum absolute atomic E-state index is 10.8. The van der Waals surface area contributed by atoms with Crippen molar-refractivity contribution in [3.63, 3.8) is 0 Å². The number of nitro groups is 1. The number of hydrogen-bond donors (Lipinski definition) is 0. The highest BCUT2D eigenvalue weighted by molar-refractivity contribution is 6.18. The molecule has 0 aromatic heterocycles. The van der Waals surface area contributed by atoms with Crippen LogP contribution in [0.2, 0.25) is 0 Å². The van der Waals surface area contributed by atoms with Crippen molar-refractivity contribution in [2.45, 2.75) is 11.8 Å². The molecule has 4 nitrogen and oxygen atoms in total. The first-order valence-corrected chi connectivity index (χ1v) is 5.67. The molecule has 16 heavy (non-hydrogen) atoms. The second-order valence-corrected chi connectivity index (χ2v) is 4.06. The Balaban J connectivity index is 3.40. The molecular formula is C10H12Cl2N2O2. The fraction of sp³-hybridized carbons (Fsp3) is 0.400. The zero-order valence-electron chi connectivity index (χ0n) is 9.04. The third-order valence-corrected chi connectivity index (χ3v) is 2.82. The predicted octanol–water partition coefficient (Wildman–Crippen LogP) is 3.14. The second-order valence-electron chi connectivity index (χ2n) is 3.53. The van der Waals surface area contributed by atoms with Crippen LogP contribution in [0, 0.1) is 10.1 Å². The van der Waals surface area contributed by atoms with Gasteiger partial charge >= 0.3 is 0 Å². The van der Waals surface area contributed by atoms with Crippen LogP contribution >= 0.6 is 23.2 Å². The Hall–Kier alpha value is -1.00. The first kappa shape index (κ1) is 13.1. The zero-order chi connectivity index (χ0) is 12.3. The van der Waals surface area contributed by atoms with E-state index in [1.165, 1.54) is 6.07 Å². The standard InChI is InChI=1S/C10H12Cl2N2O2/c1-13(2)9-3-8(6-12)10(14(15)16)4-7(9)5-11/h3-4H,5-6H2,1-2H3. The van der Waals surface area contributed by atoms with E-state index in [4.69, 9.17) is 23.2 Å². The third-order valence-electron chi connectivity index (χ3n) is 2.25. The molecule has 0 unspecified atom stereocenters. The minimum Gasteiger partial charge on any atom is -0.377 e. The first-order chi connectivity index (χ1) is 7.51. The molecule has 0 fully saturated rings. The van der Waals surface area contributed by atoms with E-state index < -0.39 is 4.92 Å². The van der Waals surface area contributed by atoms with Crippen LogP contribution in [-0.4, -0.2) is 19.0 Å². The fourth-order valence-electron chi connectivity index (χ4n) is 1.46. The molecule has 0 saturated heterocycles. The lowest BCUT2D eigenvalue weighted by atomic mass is 10.1. The van der Waals surface area contributed by atoms with Gasteiger partial charge in [-0.05, 0) is 11.6 Å². The molecule has 0 aliphatic heterocycles. The molecule has 88 valence electrons. The van der Waals surface area contributed by atoms with E-state index in [-0.39, 0.29) is 17.4 Å². The molecule has 6 heteroatoms. The summed E-state index contributed by atoms with van der Waals surface area (Å²) < 4.78 is 0. The highest BCUT2D eigenvalue weighted by Crippen LogP contribution is 2.30. The Labute approximate surface area is 104 Å². The van der Waals surface area contributed by atoms with E-state index >= 15 is 0 Å². The lowest BCUT2D eigenvalue weighted by Gasteiger charge is -2.17. The van der Waals surface area contributed by atoms with Crippen molar-refractivity contribution in [2.75, 3.05) is 19.0 Å². The van der Waals surface area contributed by atoms with Crippen LogP contribution in [0.5, 0.6) is 0 Å². The maximum Gasteiger partial charge on any atom is 0.274 e. The average Bonchev–Trinajstić information content (AvgIpc) is 2.26. The summed E-state index contributed by atoms with van der Waals surface area (Å²) in [5, 5.41) is 10.8. The van der Waals surface area contributed by atoms with Crippen LogP contribution in [-0.2, 0) is 11.8 Å². The van der Waals surface area contributed by atoms with E-state index in [1.54, 1.807) is 6.07 Å². The van der Waals surface area contributed by atoms with Gasteiger partial charge in [0.15, 0.2) is 0 Å². The molecule has 0 aliphatic rings. The Morgan fingerprint density at radius 1 is 1.25 bits per heavy atom. The largest absolute Gasteiger partial charge is 0.377 e. The van der Waals surface area contributed by atoms with Gasteiger partial charge in [0.2, 0.25) is 0 Å². The first-order valence-electron chi connectivity index (χ1n) is 4.60. The predicted molar refractivity (Wildman–Crippen MR) is 66.5 cm³/mol. The van der Waals surface area contributed by atoms with Crippen LogP contribution in [0.3, 0.4) is 0 Å². The van der Waals surface area contributed by atoms with Gasteiger partial charge in [0.05, 0.1) is 10.8 Å². The normalized spacial score (nSPS) is 10.2. The Bertz CT molecular complexity index is 408. The highest BCUT2D eigenvalue weighted by atomic mass is 35.5. The Kier molecular flexibility index (Phi) is 4.38. The summed E-state index contributed by atoms with van der Waals surface area (Å²) in [4.78, 5) is 12.2. The van der Waals surface area contributed by atoms with E-state index in [0.29, 0.717) is 5.56 Å². The number of alkyl halides is 2. The summed E-state index contributed by atoms with van der Waals surface area (Å²) in [5.74, 6) is 0.344. The summed E-state index contributed by atoms with van der Waals surface area (Å²) in [7, 11) is 3.71. The quantitative estimate of drug-likeness (QED) is 0.476. The molecule has 0 bridgehead atoms. The number of anilines is 1. The van der Waals surface area contributed by atoms with Gasteiger partial charge in [-0.2, -0.15) is 0 Å². The summed E-state index contributed by atoms with van der Waals surface area (Å²) in [6.07, 6.45) is 0. The monoisotopic (exact) mass is 262 g/mol. The fourth-order valence-corrected chi connectivity index (χ4v) is 1.89. The summed E-state index contributed by atoms with van der Waals surface area (Å²) in [6, 6.07) is 3.20. The molecule has 0 amide bonds. The smallest absolute Gasteiger partial charge is 0.274 e. The topological polar surface area (TPSA) is 46.4 Å². The molecule has 0 saturated carbocycles. The van der Waals surface area contributed by atoms with Gasteiger partial charge in [-0.25, -0.2) is 0 Å². The number of hydrogen-bond acceptors (Lipinski definition) is 3. The molecule has 0 heterocycles. The van der Waals surface area contributed by atoms with Gasteiger partial charge in [0.25, 0.3) is 5.69 Å². The van der Waals surface area contributed by atoms with Crippen molar-refractivity contribution in [1.29, 1.82) is 0 Å². The number of nitrogens with zero attached hydrogens (tertiary/aromatic N) is 2. The van der Waals surface area contributed by atoms with Gasteiger partial charge in [-0.3, -0.25) is 10.1 Å².